The predicted octanol–water partition coefficient (Wildman–Crippen LogP) is 3.06. The molecular weight excluding hydrogens is 636 g/mol. The standard InChI is InChI=1S/C15H22N4O4.C9H18N2O2.C6H5ClN2O2/c1-15(2,3)23-14(21)19-7-5-18(6-8-19)12-10-16-11(9-17-12)13(20)22-4;1-9(2,3)13-8(12)11-6-4-10-5-7-11;1-11-6(10)4-2-9-5(7)3-8-4/h9-10H,5-8H2,1-4H3;10H,4-7H2,1-3H3;2-3H,1H3. The van der Waals surface area contributed by atoms with E-state index in [2.05, 4.69) is 34.7 Å². The number of rotatable bonds is 3. The topological polar surface area (TPSA) is 179 Å². The lowest BCUT2D eigenvalue weighted by Gasteiger charge is -2.36. The minimum atomic E-state index is -0.519. The number of ether oxygens (including phenoxy) is 4. The average Bonchev–Trinajstić information content (AvgIpc) is 3.04. The number of aromatic nitrogens is 4. The lowest BCUT2D eigenvalue weighted by atomic mass is 10.2. The number of nitrogens with one attached hydrogen (secondary N) is 1. The lowest BCUT2D eigenvalue weighted by molar-refractivity contribution is 0.0223. The first-order chi connectivity index (χ1) is 22.0. The van der Waals surface area contributed by atoms with Crippen LogP contribution >= 0.6 is 11.6 Å². The van der Waals surface area contributed by atoms with Crippen LogP contribution < -0.4 is 10.2 Å². The van der Waals surface area contributed by atoms with E-state index in [9.17, 15) is 19.2 Å². The van der Waals surface area contributed by atoms with Gasteiger partial charge in [-0.2, -0.15) is 0 Å². The number of esters is 2. The Morgan fingerprint density at radius 1 is 0.660 bits per heavy atom. The molecule has 0 unspecified atom stereocenters. The molecule has 0 saturated carbocycles. The first-order valence-corrected chi connectivity index (χ1v) is 15.3. The Labute approximate surface area is 280 Å². The molecule has 0 radical (unpaired) electrons. The minimum Gasteiger partial charge on any atom is -0.464 e. The second-order valence-corrected chi connectivity index (χ2v) is 12.5. The van der Waals surface area contributed by atoms with E-state index in [1.807, 2.05) is 46.4 Å². The number of carbonyl (C=O) groups is 4. The largest absolute Gasteiger partial charge is 0.464 e. The van der Waals surface area contributed by atoms with Crippen molar-refractivity contribution in [2.24, 2.45) is 0 Å². The highest BCUT2D eigenvalue weighted by molar-refractivity contribution is 6.29. The van der Waals surface area contributed by atoms with Gasteiger partial charge in [0.25, 0.3) is 0 Å². The summed E-state index contributed by atoms with van der Waals surface area (Å²) >= 11 is 5.43. The highest BCUT2D eigenvalue weighted by atomic mass is 35.5. The highest BCUT2D eigenvalue weighted by Crippen LogP contribution is 2.16. The normalized spacial score (nSPS) is 14.8. The third kappa shape index (κ3) is 14.3. The van der Waals surface area contributed by atoms with Crippen LogP contribution in [0.25, 0.3) is 0 Å². The Bertz CT molecular complexity index is 1300. The van der Waals surface area contributed by atoms with Crippen LogP contribution in [-0.2, 0) is 18.9 Å². The molecule has 4 heterocycles. The molecule has 2 aromatic heterocycles. The Morgan fingerprint density at radius 2 is 1.11 bits per heavy atom. The molecule has 2 aliphatic rings. The fraction of sp³-hybridized carbons (Fsp3) is 0.600. The van der Waals surface area contributed by atoms with Gasteiger partial charge in [-0.25, -0.2) is 39.1 Å². The van der Waals surface area contributed by atoms with Crippen LogP contribution in [0.1, 0.15) is 62.5 Å². The first-order valence-electron chi connectivity index (χ1n) is 14.9. The van der Waals surface area contributed by atoms with E-state index in [1.165, 1.54) is 39.0 Å². The number of amides is 2. The number of halogens is 1. The van der Waals surface area contributed by atoms with Gasteiger partial charge in [0.1, 0.15) is 22.2 Å². The van der Waals surface area contributed by atoms with E-state index in [1.54, 1.807) is 9.80 Å². The third-order valence-corrected chi connectivity index (χ3v) is 6.27. The summed E-state index contributed by atoms with van der Waals surface area (Å²) in [6.45, 7) is 16.8. The van der Waals surface area contributed by atoms with Crippen molar-refractivity contribution >= 4 is 41.5 Å². The Morgan fingerprint density at radius 3 is 1.49 bits per heavy atom. The molecule has 2 aliphatic heterocycles. The van der Waals surface area contributed by atoms with Crippen LogP contribution in [0.15, 0.2) is 24.8 Å². The zero-order valence-corrected chi connectivity index (χ0v) is 29.0. The number of methoxy groups -OCH3 is 2. The number of piperazine rings is 2. The predicted molar refractivity (Wildman–Crippen MR) is 172 cm³/mol. The van der Waals surface area contributed by atoms with Crippen molar-refractivity contribution < 1.29 is 38.1 Å². The third-order valence-electron chi connectivity index (χ3n) is 6.07. The maximum absolute atomic E-state index is 12.0. The number of hydrogen-bond acceptors (Lipinski definition) is 14. The molecule has 2 saturated heterocycles. The number of hydrogen-bond donors (Lipinski definition) is 1. The van der Waals surface area contributed by atoms with Gasteiger partial charge < -0.3 is 39.0 Å². The molecule has 4 rings (SSSR count). The van der Waals surface area contributed by atoms with E-state index in [0.29, 0.717) is 32.0 Å². The molecule has 1 N–H and O–H groups in total. The summed E-state index contributed by atoms with van der Waals surface area (Å²) in [4.78, 5) is 66.6. The van der Waals surface area contributed by atoms with Crippen LogP contribution in [0.4, 0.5) is 15.4 Å². The minimum absolute atomic E-state index is 0.150. The second kappa shape index (κ2) is 18.1. The maximum atomic E-state index is 12.0. The van der Waals surface area contributed by atoms with Crippen LogP contribution in [0.2, 0.25) is 5.15 Å². The van der Waals surface area contributed by atoms with E-state index in [0.717, 1.165) is 26.2 Å². The molecule has 0 spiro atoms. The summed E-state index contributed by atoms with van der Waals surface area (Å²) in [5.74, 6) is -0.366. The van der Waals surface area contributed by atoms with Gasteiger partial charge in [0.15, 0.2) is 11.4 Å². The first kappa shape index (κ1) is 38.9. The summed E-state index contributed by atoms with van der Waals surface area (Å²) in [7, 11) is 2.58. The Hall–Kier alpha value is -4.31. The van der Waals surface area contributed by atoms with Crippen molar-refractivity contribution in [1.29, 1.82) is 0 Å². The van der Waals surface area contributed by atoms with Gasteiger partial charge in [0.05, 0.1) is 39.0 Å². The highest BCUT2D eigenvalue weighted by Gasteiger charge is 2.27. The van der Waals surface area contributed by atoms with Crippen molar-refractivity contribution in [3.05, 3.63) is 41.3 Å². The molecule has 2 amide bonds. The molecule has 0 atom stereocenters. The molecule has 0 aromatic carbocycles. The monoisotopic (exact) mass is 680 g/mol. The Balaban J connectivity index is 0.000000270. The van der Waals surface area contributed by atoms with Crippen LogP contribution in [0.5, 0.6) is 0 Å². The van der Waals surface area contributed by atoms with Gasteiger partial charge in [-0.3, -0.25) is 0 Å². The zero-order valence-electron chi connectivity index (χ0n) is 28.2. The average molecular weight is 681 g/mol. The zero-order chi connectivity index (χ0) is 35.2. The lowest BCUT2D eigenvalue weighted by Crippen LogP contribution is -2.50. The second-order valence-electron chi connectivity index (χ2n) is 12.1. The van der Waals surface area contributed by atoms with Gasteiger partial charge in [0.2, 0.25) is 0 Å². The van der Waals surface area contributed by atoms with E-state index in [4.69, 9.17) is 21.1 Å². The van der Waals surface area contributed by atoms with E-state index < -0.39 is 17.5 Å². The quantitative estimate of drug-likeness (QED) is 0.369. The molecule has 2 fully saturated rings. The van der Waals surface area contributed by atoms with Crippen molar-refractivity contribution in [3.8, 4) is 0 Å². The Kier molecular flexibility index (Phi) is 15.0. The van der Waals surface area contributed by atoms with E-state index in [-0.39, 0.29) is 34.3 Å². The molecular formula is C30H45ClN8O8. The number of nitrogens with zero attached hydrogens (tertiary/aromatic N) is 7. The van der Waals surface area contributed by atoms with E-state index >= 15 is 0 Å². The smallest absolute Gasteiger partial charge is 0.410 e. The number of anilines is 1. The van der Waals surface area contributed by atoms with Gasteiger partial charge >= 0.3 is 24.1 Å². The summed E-state index contributed by atoms with van der Waals surface area (Å²) in [6, 6.07) is 0. The molecule has 2 aromatic rings. The maximum Gasteiger partial charge on any atom is 0.410 e. The summed E-state index contributed by atoms with van der Waals surface area (Å²) in [5, 5.41) is 3.43. The molecule has 0 aliphatic carbocycles. The molecule has 47 heavy (non-hydrogen) atoms. The van der Waals surface area contributed by atoms with Gasteiger partial charge in [-0.05, 0) is 41.5 Å². The van der Waals surface area contributed by atoms with Crippen LogP contribution in [0, 0.1) is 0 Å². The summed E-state index contributed by atoms with van der Waals surface area (Å²) in [5.41, 5.74) is -0.564. The molecule has 260 valence electrons. The SMILES string of the molecule is CC(C)(C)OC(=O)N1CCNCC1.COC(=O)c1cnc(Cl)cn1.COC(=O)c1cnc(N2CCN(C(=O)OC(C)(C)C)CC2)cn1. The van der Waals surface area contributed by atoms with Crippen LogP contribution in [0.3, 0.4) is 0 Å². The molecule has 17 heteroatoms. The van der Waals surface area contributed by atoms with Crippen molar-refractivity contribution in [3.63, 3.8) is 0 Å². The fourth-order valence-electron chi connectivity index (χ4n) is 3.84. The molecule has 16 nitrogen and oxygen atoms in total. The van der Waals surface area contributed by atoms with Crippen LogP contribution in [-0.4, -0.2) is 132 Å². The van der Waals surface area contributed by atoms with Crippen molar-refractivity contribution in [2.75, 3.05) is 71.5 Å². The van der Waals surface area contributed by atoms with Crippen molar-refractivity contribution in [1.82, 2.24) is 35.1 Å². The van der Waals surface area contributed by atoms with Gasteiger partial charge in [-0.1, -0.05) is 11.6 Å². The fourth-order valence-corrected chi connectivity index (χ4v) is 3.93. The van der Waals surface area contributed by atoms with Gasteiger partial charge in [0, 0.05) is 52.4 Å². The molecule has 0 bridgehead atoms. The van der Waals surface area contributed by atoms with Crippen molar-refractivity contribution in [2.45, 2.75) is 52.7 Å². The summed E-state index contributed by atoms with van der Waals surface area (Å²) in [6.07, 6.45) is 4.97. The number of carbonyl (C=O) groups excluding carboxylic acids is 4. The van der Waals surface area contributed by atoms with Gasteiger partial charge in [-0.15, -0.1) is 0 Å². The summed E-state index contributed by atoms with van der Waals surface area (Å²) < 4.78 is 19.6.